The average molecular weight is 396 g/mol. The molecule has 1 atom stereocenters. The van der Waals surface area contributed by atoms with Crippen molar-refractivity contribution in [1.29, 1.82) is 0 Å². The van der Waals surface area contributed by atoms with Gasteiger partial charge >= 0.3 is 0 Å². The first-order valence-corrected chi connectivity index (χ1v) is 9.21. The predicted octanol–water partition coefficient (Wildman–Crippen LogP) is 4.28. The second-order valence-electron chi connectivity index (χ2n) is 6.26. The molecule has 1 N–H and O–H groups in total. The molecule has 0 aromatic heterocycles. The molecule has 1 amide bonds. The Morgan fingerprint density at radius 3 is 2.42 bits per heavy atom. The van der Waals surface area contributed by atoms with Gasteiger partial charge in [0.05, 0.1) is 27.5 Å². The molecule has 26 heavy (non-hydrogen) atoms. The molecule has 0 radical (unpaired) electrons. The van der Waals surface area contributed by atoms with E-state index in [9.17, 15) is 9.18 Å². The topological polar surface area (TPSA) is 35.6 Å². The quantitative estimate of drug-likeness (QED) is 0.838. The van der Waals surface area contributed by atoms with E-state index in [1.807, 2.05) is 31.2 Å². The average Bonchev–Trinajstić information content (AvgIpc) is 2.64. The third kappa shape index (κ3) is 4.29. The summed E-state index contributed by atoms with van der Waals surface area (Å²) in [6.45, 7) is 4.93. The summed E-state index contributed by atoms with van der Waals surface area (Å²) in [5.74, 6) is -0.596. The van der Waals surface area contributed by atoms with Crippen molar-refractivity contribution in [2.45, 2.75) is 13.0 Å². The number of carbonyl (C=O) groups is 1. The number of benzene rings is 2. The highest BCUT2D eigenvalue weighted by Crippen LogP contribution is 2.27. The lowest BCUT2D eigenvalue weighted by Gasteiger charge is -2.38. The van der Waals surface area contributed by atoms with Crippen molar-refractivity contribution in [3.05, 3.63) is 58.3 Å². The zero-order valence-corrected chi connectivity index (χ0v) is 15.9. The summed E-state index contributed by atoms with van der Waals surface area (Å²) in [6.07, 6.45) is 0. The second kappa shape index (κ2) is 8.25. The van der Waals surface area contributed by atoms with Gasteiger partial charge in [-0.25, -0.2) is 4.39 Å². The third-order valence-corrected chi connectivity index (χ3v) is 5.26. The molecule has 0 bridgehead atoms. The Kier molecular flexibility index (Phi) is 6.01. The first-order chi connectivity index (χ1) is 12.5. The molecule has 1 aliphatic heterocycles. The fourth-order valence-corrected chi connectivity index (χ4v) is 3.52. The van der Waals surface area contributed by atoms with Crippen LogP contribution in [0.1, 0.15) is 6.92 Å². The molecular weight excluding hydrogens is 376 g/mol. The molecule has 0 aliphatic carbocycles. The number of piperazine rings is 1. The van der Waals surface area contributed by atoms with Gasteiger partial charge < -0.3 is 10.2 Å². The normalized spacial score (nSPS) is 16.4. The number of anilines is 2. The number of nitrogens with zero attached hydrogens (tertiary/aromatic N) is 2. The number of hydrogen-bond donors (Lipinski definition) is 1. The lowest BCUT2D eigenvalue weighted by Crippen LogP contribution is -2.52. The summed E-state index contributed by atoms with van der Waals surface area (Å²) in [6, 6.07) is 11.4. The number of nitrogens with one attached hydrogen (secondary N) is 1. The summed E-state index contributed by atoms with van der Waals surface area (Å²) in [4.78, 5) is 16.8. The standard InChI is InChI=1S/C19H20Cl2FN3O/c1-13(19(26)23-17-7-6-14(22)12-16(17)21)24-8-10-25(11-9-24)18-5-3-2-4-15(18)20/h2-7,12-13H,8-11H2,1H3,(H,23,26)/t13-/m0/s1. The maximum atomic E-state index is 13.1. The molecule has 1 aliphatic rings. The van der Waals surface area contributed by atoms with Crippen LogP contribution in [0.15, 0.2) is 42.5 Å². The lowest BCUT2D eigenvalue weighted by molar-refractivity contribution is -0.120. The molecule has 1 heterocycles. The van der Waals surface area contributed by atoms with Crippen LogP contribution in [-0.2, 0) is 4.79 Å². The van der Waals surface area contributed by atoms with E-state index in [2.05, 4.69) is 15.1 Å². The largest absolute Gasteiger partial charge is 0.368 e. The Hall–Kier alpha value is -1.82. The van der Waals surface area contributed by atoms with Crippen LogP contribution in [0.25, 0.3) is 0 Å². The molecule has 1 saturated heterocycles. The van der Waals surface area contributed by atoms with Crippen molar-refractivity contribution < 1.29 is 9.18 Å². The van der Waals surface area contributed by atoms with Crippen LogP contribution in [0.2, 0.25) is 10.0 Å². The van der Waals surface area contributed by atoms with Crippen molar-refractivity contribution in [3.8, 4) is 0 Å². The van der Waals surface area contributed by atoms with E-state index in [0.717, 1.165) is 36.9 Å². The van der Waals surface area contributed by atoms with Gasteiger partial charge in [-0.3, -0.25) is 9.69 Å². The van der Waals surface area contributed by atoms with Crippen LogP contribution in [0.5, 0.6) is 0 Å². The van der Waals surface area contributed by atoms with Gasteiger partial charge in [0, 0.05) is 26.2 Å². The number of carbonyl (C=O) groups excluding carboxylic acids is 1. The molecule has 4 nitrogen and oxygen atoms in total. The van der Waals surface area contributed by atoms with E-state index < -0.39 is 5.82 Å². The van der Waals surface area contributed by atoms with Gasteiger partial charge in [0.2, 0.25) is 5.91 Å². The van der Waals surface area contributed by atoms with E-state index >= 15 is 0 Å². The molecule has 2 aromatic carbocycles. The Labute approximate surface area is 162 Å². The lowest BCUT2D eigenvalue weighted by atomic mass is 10.2. The Bertz CT molecular complexity index is 794. The van der Waals surface area contributed by atoms with E-state index in [4.69, 9.17) is 23.2 Å². The van der Waals surface area contributed by atoms with Gasteiger partial charge in [0.1, 0.15) is 5.82 Å². The fraction of sp³-hybridized carbons (Fsp3) is 0.316. The third-order valence-electron chi connectivity index (χ3n) is 4.62. The monoisotopic (exact) mass is 395 g/mol. The van der Waals surface area contributed by atoms with Crippen molar-refractivity contribution >= 4 is 40.5 Å². The Balaban J connectivity index is 1.58. The number of hydrogen-bond acceptors (Lipinski definition) is 3. The zero-order valence-electron chi connectivity index (χ0n) is 14.4. The van der Waals surface area contributed by atoms with Crippen LogP contribution >= 0.6 is 23.2 Å². The second-order valence-corrected chi connectivity index (χ2v) is 7.08. The van der Waals surface area contributed by atoms with E-state index in [1.54, 1.807) is 0 Å². The molecule has 0 saturated carbocycles. The predicted molar refractivity (Wildman–Crippen MR) is 105 cm³/mol. The van der Waals surface area contributed by atoms with Gasteiger partial charge in [-0.2, -0.15) is 0 Å². The summed E-state index contributed by atoms with van der Waals surface area (Å²) in [5, 5.41) is 3.70. The molecular formula is C19H20Cl2FN3O. The highest BCUT2D eigenvalue weighted by atomic mass is 35.5. The van der Waals surface area contributed by atoms with Crippen molar-refractivity contribution in [2.24, 2.45) is 0 Å². The summed E-state index contributed by atoms with van der Waals surface area (Å²) in [7, 11) is 0. The Morgan fingerprint density at radius 1 is 1.08 bits per heavy atom. The number of rotatable bonds is 4. The maximum absolute atomic E-state index is 13.1. The first-order valence-electron chi connectivity index (χ1n) is 8.45. The van der Waals surface area contributed by atoms with E-state index in [1.165, 1.54) is 18.2 Å². The molecule has 7 heteroatoms. The smallest absolute Gasteiger partial charge is 0.241 e. The number of amides is 1. The van der Waals surface area contributed by atoms with Crippen molar-refractivity contribution in [3.63, 3.8) is 0 Å². The van der Waals surface area contributed by atoms with Crippen molar-refractivity contribution in [1.82, 2.24) is 4.90 Å². The Morgan fingerprint density at radius 2 is 1.77 bits per heavy atom. The SMILES string of the molecule is C[C@@H](C(=O)Nc1ccc(F)cc1Cl)N1CCN(c2ccccc2Cl)CC1. The fourth-order valence-electron chi connectivity index (χ4n) is 3.05. The first kappa shape index (κ1) is 19.0. The van der Waals surface area contributed by atoms with Gasteiger partial charge in [-0.15, -0.1) is 0 Å². The number of para-hydroxylation sites is 1. The van der Waals surface area contributed by atoms with E-state index in [-0.39, 0.29) is 17.0 Å². The van der Waals surface area contributed by atoms with Gasteiger partial charge in [0.15, 0.2) is 0 Å². The summed E-state index contributed by atoms with van der Waals surface area (Å²) >= 11 is 12.2. The molecule has 0 unspecified atom stereocenters. The number of halogens is 3. The van der Waals surface area contributed by atoms with Crippen LogP contribution in [-0.4, -0.2) is 43.0 Å². The van der Waals surface area contributed by atoms with Crippen LogP contribution < -0.4 is 10.2 Å². The van der Waals surface area contributed by atoms with Gasteiger partial charge in [-0.05, 0) is 37.3 Å². The van der Waals surface area contributed by atoms with E-state index in [0.29, 0.717) is 5.69 Å². The maximum Gasteiger partial charge on any atom is 0.241 e. The van der Waals surface area contributed by atoms with Crippen LogP contribution in [0, 0.1) is 5.82 Å². The minimum absolute atomic E-state index is 0.162. The minimum atomic E-state index is -0.434. The molecule has 1 fully saturated rings. The summed E-state index contributed by atoms with van der Waals surface area (Å²) < 4.78 is 13.1. The summed E-state index contributed by atoms with van der Waals surface area (Å²) in [5.41, 5.74) is 1.43. The molecule has 0 spiro atoms. The highest BCUT2D eigenvalue weighted by Gasteiger charge is 2.26. The van der Waals surface area contributed by atoms with Crippen molar-refractivity contribution in [2.75, 3.05) is 36.4 Å². The van der Waals surface area contributed by atoms with Gasteiger partial charge in [-0.1, -0.05) is 35.3 Å². The van der Waals surface area contributed by atoms with Crippen LogP contribution in [0.3, 0.4) is 0 Å². The highest BCUT2D eigenvalue weighted by molar-refractivity contribution is 6.34. The minimum Gasteiger partial charge on any atom is -0.368 e. The molecule has 138 valence electrons. The van der Waals surface area contributed by atoms with Gasteiger partial charge in [0.25, 0.3) is 0 Å². The zero-order chi connectivity index (χ0) is 18.7. The molecule has 3 rings (SSSR count). The van der Waals surface area contributed by atoms with Crippen LogP contribution in [0.4, 0.5) is 15.8 Å². The molecule has 2 aromatic rings.